The summed E-state index contributed by atoms with van der Waals surface area (Å²) in [6.45, 7) is 5.96. The topological polar surface area (TPSA) is 86.7 Å². The van der Waals surface area contributed by atoms with Crippen molar-refractivity contribution in [1.29, 1.82) is 0 Å². The predicted octanol–water partition coefficient (Wildman–Crippen LogP) is 1.00. The quantitative estimate of drug-likeness (QED) is 0.762. The maximum absolute atomic E-state index is 12.3. The number of hydrogen-bond donors (Lipinski definition) is 2. The number of nitrogens with zero attached hydrogens (tertiary/aromatic N) is 1. The van der Waals surface area contributed by atoms with E-state index < -0.39 is 18.1 Å². The zero-order chi connectivity index (χ0) is 15.3. The summed E-state index contributed by atoms with van der Waals surface area (Å²) >= 11 is 0. The normalized spacial score (nSPS) is 18.8. The predicted molar refractivity (Wildman–Crippen MR) is 74.0 cm³/mol. The fourth-order valence-corrected chi connectivity index (χ4v) is 2.35. The number of carbonyl (C=O) groups excluding carboxylic acids is 2. The van der Waals surface area contributed by atoms with Gasteiger partial charge < -0.3 is 15.3 Å². The summed E-state index contributed by atoms with van der Waals surface area (Å²) in [6.07, 6.45) is 2.76. The van der Waals surface area contributed by atoms with Crippen LogP contribution in [0.2, 0.25) is 0 Å². The van der Waals surface area contributed by atoms with Crippen LogP contribution in [0.4, 0.5) is 0 Å². The van der Waals surface area contributed by atoms with Gasteiger partial charge in [-0.3, -0.25) is 14.4 Å². The van der Waals surface area contributed by atoms with E-state index in [-0.39, 0.29) is 17.7 Å². The lowest BCUT2D eigenvalue weighted by atomic mass is 9.98. The molecule has 1 aliphatic rings. The molecule has 1 aliphatic heterocycles. The Morgan fingerprint density at radius 2 is 1.95 bits per heavy atom. The molecule has 1 rings (SSSR count). The molecule has 0 aromatic rings. The van der Waals surface area contributed by atoms with Crippen LogP contribution in [-0.2, 0) is 14.4 Å². The molecule has 0 spiro atoms. The average molecular weight is 284 g/mol. The summed E-state index contributed by atoms with van der Waals surface area (Å²) in [7, 11) is 0. The van der Waals surface area contributed by atoms with Gasteiger partial charge in [0.25, 0.3) is 0 Å². The molecular weight excluding hydrogens is 260 g/mol. The Balaban J connectivity index is 2.79. The van der Waals surface area contributed by atoms with Crippen molar-refractivity contribution in [2.24, 2.45) is 5.92 Å². The number of carboxylic acid groups (broad SMARTS) is 1. The largest absolute Gasteiger partial charge is 0.480 e. The van der Waals surface area contributed by atoms with Gasteiger partial charge in [-0.2, -0.15) is 0 Å². The molecule has 0 aromatic carbocycles. The van der Waals surface area contributed by atoms with Gasteiger partial charge in [-0.05, 0) is 32.1 Å². The molecule has 2 atom stereocenters. The standard InChI is InChI=1S/C14H24N2O4/c1-9(2)8-11(13(18)15-10(3)14(19)20)16-7-5-4-6-12(16)17/h9-11H,4-8H2,1-3H3,(H,15,18)(H,19,20)/t10-,11?/m0/s1. The molecule has 1 unspecified atom stereocenters. The molecule has 20 heavy (non-hydrogen) atoms. The first kappa shape index (κ1) is 16.5. The van der Waals surface area contributed by atoms with Gasteiger partial charge in [-0.15, -0.1) is 0 Å². The Kier molecular flexibility index (Phi) is 5.98. The summed E-state index contributed by atoms with van der Waals surface area (Å²) in [5, 5.41) is 11.3. The molecule has 1 saturated heterocycles. The smallest absolute Gasteiger partial charge is 0.325 e. The van der Waals surface area contributed by atoms with Crippen molar-refractivity contribution in [3.05, 3.63) is 0 Å². The number of piperidine rings is 1. The van der Waals surface area contributed by atoms with Crippen molar-refractivity contribution in [3.63, 3.8) is 0 Å². The van der Waals surface area contributed by atoms with E-state index in [0.29, 0.717) is 19.4 Å². The minimum Gasteiger partial charge on any atom is -0.480 e. The highest BCUT2D eigenvalue weighted by atomic mass is 16.4. The van der Waals surface area contributed by atoms with E-state index in [1.165, 1.54) is 6.92 Å². The summed E-state index contributed by atoms with van der Waals surface area (Å²) in [6, 6.07) is -1.51. The van der Waals surface area contributed by atoms with Crippen LogP contribution in [0.25, 0.3) is 0 Å². The van der Waals surface area contributed by atoms with Crippen molar-refractivity contribution in [1.82, 2.24) is 10.2 Å². The average Bonchev–Trinajstić information content (AvgIpc) is 2.36. The molecule has 0 saturated carbocycles. The van der Waals surface area contributed by atoms with Crippen LogP contribution in [-0.4, -0.2) is 46.4 Å². The molecule has 2 amide bonds. The third-order valence-corrected chi connectivity index (χ3v) is 3.46. The molecule has 0 aromatic heterocycles. The molecule has 1 heterocycles. The number of likely N-dealkylation sites (tertiary alicyclic amines) is 1. The Morgan fingerprint density at radius 3 is 2.45 bits per heavy atom. The lowest BCUT2D eigenvalue weighted by molar-refractivity contribution is -0.145. The maximum Gasteiger partial charge on any atom is 0.325 e. The molecule has 6 heteroatoms. The first-order chi connectivity index (χ1) is 9.32. The van der Waals surface area contributed by atoms with Gasteiger partial charge >= 0.3 is 5.97 Å². The maximum atomic E-state index is 12.3. The second-order valence-electron chi connectivity index (χ2n) is 5.76. The van der Waals surface area contributed by atoms with Gasteiger partial charge in [-0.1, -0.05) is 13.8 Å². The number of amides is 2. The molecule has 6 nitrogen and oxygen atoms in total. The van der Waals surface area contributed by atoms with E-state index in [9.17, 15) is 14.4 Å². The Morgan fingerprint density at radius 1 is 1.30 bits per heavy atom. The van der Waals surface area contributed by atoms with Crippen molar-refractivity contribution in [2.75, 3.05) is 6.54 Å². The summed E-state index contributed by atoms with van der Waals surface area (Å²) in [5.41, 5.74) is 0. The van der Waals surface area contributed by atoms with Crippen LogP contribution in [0, 0.1) is 5.92 Å². The minimum absolute atomic E-state index is 0.0139. The molecule has 1 fully saturated rings. The van der Waals surface area contributed by atoms with Crippen LogP contribution in [0.3, 0.4) is 0 Å². The fraction of sp³-hybridized carbons (Fsp3) is 0.786. The van der Waals surface area contributed by atoms with Crippen molar-refractivity contribution < 1.29 is 19.5 Å². The Labute approximate surface area is 119 Å². The highest BCUT2D eigenvalue weighted by molar-refractivity contribution is 5.90. The highest BCUT2D eigenvalue weighted by Crippen LogP contribution is 2.19. The van der Waals surface area contributed by atoms with Gasteiger partial charge in [0, 0.05) is 13.0 Å². The van der Waals surface area contributed by atoms with E-state index in [1.807, 2.05) is 13.8 Å². The molecule has 114 valence electrons. The van der Waals surface area contributed by atoms with Crippen molar-refractivity contribution in [2.45, 2.75) is 58.5 Å². The van der Waals surface area contributed by atoms with Crippen LogP contribution < -0.4 is 5.32 Å². The number of aliphatic carboxylic acids is 1. The van der Waals surface area contributed by atoms with Gasteiger partial charge in [0.1, 0.15) is 12.1 Å². The third-order valence-electron chi connectivity index (χ3n) is 3.46. The summed E-state index contributed by atoms with van der Waals surface area (Å²) < 4.78 is 0. The number of carbonyl (C=O) groups is 3. The van der Waals surface area contributed by atoms with E-state index >= 15 is 0 Å². The molecule has 0 aliphatic carbocycles. The molecule has 0 bridgehead atoms. The molecule has 0 radical (unpaired) electrons. The van der Waals surface area contributed by atoms with Gasteiger partial charge in [0.15, 0.2) is 0 Å². The minimum atomic E-state index is -1.08. The van der Waals surface area contributed by atoms with Gasteiger partial charge in [0.05, 0.1) is 0 Å². The van der Waals surface area contributed by atoms with Gasteiger partial charge in [-0.25, -0.2) is 0 Å². The molecular formula is C14H24N2O4. The Bertz CT molecular complexity index is 381. The van der Waals surface area contributed by atoms with E-state index in [0.717, 1.165) is 12.8 Å². The summed E-state index contributed by atoms with van der Waals surface area (Å²) in [5.74, 6) is -1.21. The van der Waals surface area contributed by atoms with E-state index in [4.69, 9.17) is 5.11 Å². The molecule has 2 N–H and O–H groups in total. The van der Waals surface area contributed by atoms with E-state index in [1.54, 1.807) is 4.90 Å². The zero-order valence-electron chi connectivity index (χ0n) is 12.4. The van der Waals surface area contributed by atoms with Crippen LogP contribution in [0.1, 0.15) is 46.5 Å². The Hall–Kier alpha value is -1.59. The first-order valence-electron chi connectivity index (χ1n) is 7.15. The summed E-state index contributed by atoms with van der Waals surface area (Å²) in [4.78, 5) is 36.7. The van der Waals surface area contributed by atoms with E-state index in [2.05, 4.69) is 5.32 Å². The highest BCUT2D eigenvalue weighted by Gasteiger charge is 2.32. The number of carboxylic acids is 1. The number of rotatable bonds is 6. The number of hydrogen-bond acceptors (Lipinski definition) is 3. The van der Waals surface area contributed by atoms with Crippen molar-refractivity contribution in [3.8, 4) is 0 Å². The zero-order valence-corrected chi connectivity index (χ0v) is 12.4. The van der Waals surface area contributed by atoms with Gasteiger partial charge in [0.2, 0.25) is 11.8 Å². The number of nitrogens with one attached hydrogen (secondary N) is 1. The first-order valence-corrected chi connectivity index (χ1v) is 7.15. The second kappa shape index (κ2) is 7.26. The monoisotopic (exact) mass is 284 g/mol. The van der Waals surface area contributed by atoms with Crippen LogP contribution in [0.5, 0.6) is 0 Å². The third kappa shape index (κ3) is 4.51. The van der Waals surface area contributed by atoms with Crippen LogP contribution in [0.15, 0.2) is 0 Å². The SMILES string of the molecule is CC(C)CC(C(=O)N[C@@H](C)C(=O)O)N1CCCCC1=O. The van der Waals surface area contributed by atoms with Crippen molar-refractivity contribution >= 4 is 17.8 Å². The second-order valence-corrected chi connectivity index (χ2v) is 5.76. The van der Waals surface area contributed by atoms with Crippen LogP contribution >= 0.6 is 0 Å². The lowest BCUT2D eigenvalue weighted by Gasteiger charge is -2.35. The lowest BCUT2D eigenvalue weighted by Crippen LogP contribution is -2.54. The fourth-order valence-electron chi connectivity index (χ4n) is 2.35.